The van der Waals surface area contributed by atoms with Gasteiger partial charge in [-0.2, -0.15) is 0 Å². The Morgan fingerprint density at radius 1 is 1.65 bits per heavy atom. The van der Waals surface area contributed by atoms with Gasteiger partial charge in [0.25, 0.3) is 0 Å². The predicted octanol–water partition coefficient (Wildman–Crippen LogP) is 2.06. The highest BCUT2D eigenvalue weighted by molar-refractivity contribution is 7.10. The molecule has 1 aromatic rings. The molecule has 0 spiro atoms. The minimum Gasteiger partial charge on any atom is -0.409 e. The number of fused-ring (bicyclic) bond motifs is 1. The second-order valence-electron chi connectivity index (χ2n) is 5.83. The van der Waals surface area contributed by atoms with Gasteiger partial charge >= 0.3 is 0 Å². The van der Waals surface area contributed by atoms with Crippen molar-refractivity contribution in [3.05, 3.63) is 21.9 Å². The first-order valence-corrected chi connectivity index (χ1v) is 7.65. The van der Waals surface area contributed by atoms with Crippen molar-refractivity contribution in [2.24, 2.45) is 16.3 Å². The third-order valence-corrected chi connectivity index (χ3v) is 4.87. The number of nitrogens with two attached hydrogens (primary N) is 1. The fourth-order valence-corrected chi connectivity index (χ4v) is 3.40. The molecule has 0 saturated heterocycles. The molecule has 110 valence electrons. The van der Waals surface area contributed by atoms with Crippen LogP contribution < -0.4 is 11.1 Å². The number of thiophene rings is 1. The molecule has 1 unspecified atom stereocenters. The zero-order valence-corrected chi connectivity index (χ0v) is 12.7. The maximum atomic E-state index is 12.4. The smallest absolute Gasteiger partial charge is 0.227 e. The molecule has 1 aromatic heterocycles. The summed E-state index contributed by atoms with van der Waals surface area (Å²) in [5.74, 6) is 0.0916. The van der Waals surface area contributed by atoms with Crippen molar-refractivity contribution in [1.82, 2.24) is 5.32 Å². The van der Waals surface area contributed by atoms with E-state index in [1.54, 1.807) is 11.3 Å². The van der Waals surface area contributed by atoms with Gasteiger partial charge in [-0.05, 0) is 36.3 Å². The first-order valence-electron chi connectivity index (χ1n) is 6.77. The summed E-state index contributed by atoms with van der Waals surface area (Å²) in [6, 6.07) is 2.05. The minimum absolute atomic E-state index is 0.0307. The summed E-state index contributed by atoms with van der Waals surface area (Å²) in [5, 5.41) is 16.7. The number of oxime groups is 1. The first kappa shape index (κ1) is 14.8. The zero-order valence-electron chi connectivity index (χ0n) is 11.8. The van der Waals surface area contributed by atoms with Crippen molar-refractivity contribution < 1.29 is 10.0 Å². The molecule has 2 rings (SSSR count). The van der Waals surface area contributed by atoms with Crippen molar-refractivity contribution in [1.29, 1.82) is 0 Å². The summed E-state index contributed by atoms with van der Waals surface area (Å²) in [7, 11) is 0. The van der Waals surface area contributed by atoms with Crippen molar-refractivity contribution >= 4 is 23.1 Å². The number of hydrogen-bond donors (Lipinski definition) is 3. The second kappa shape index (κ2) is 5.83. The fourth-order valence-electron chi connectivity index (χ4n) is 2.42. The largest absolute Gasteiger partial charge is 0.409 e. The molecule has 0 aliphatic heterocycles. The number of carbonyl (C=O) groups is 1. The first-order chi connectivity index (χ1) is 9.45. The lowest BCUT2D eigenvalue weighted by Crippen LogP contribution is -2.44. The van der Waals surface area contributed by atoms with Gasteiger partial charge in [0.1, 0.15) is 5.84 Å². The Hall–Kier alpha value is -1.56. The van der Waals surface area contributed by atoms with E-state index in [-0.39, 0.29) is 17.7 Å². The predicted molar refractivity (Wildman–Crippen MR) is 80.2 cm³/mol. The molecular weight excluding hydrogens is 274 g/mol. The fraction of sp³-hybridized carbons (Fsp3) is 0.571. The standard InChI is InChI=1S/C14H21N3O2S/c1-14(2,13(15)17-19)8-16-12(18)10-4-3-5-11-9(10)6-7-20-11/h6-7,10,19H,3-5,8H2,1-2H3,(H2,15,17)(H,16,18). The van der Waals surface area contributed by atoms with E-state index in [9.17, 15) is 4.79 Å². The van der Waals surface area contributed by atoms with Crippen LogP contribution in [0.15, 0.2) is 16.6 Å². The van der Waals surface area contributed by atoms with Gasteiger partial charge in [0.05, 0.1) is 5.92 Å². The molecule has 0 fully saturated rings. The molecule has 1 amide bonds. The number of amidine groups is 1. The number of nitrogens with one attached hydrogen (secondary N) is 1. The summed E-state index contributed by atoms with van der Waals surface area (Å²) in [4.78, 5) is 13.7. The number of carbonyl (C=O) groups excluding carboxylic acids is 1. The summed E-state index contributed by atoms with van der Waals surface area (Å²) in [6.45, 7) is 4.02. The van der Waals surface area contributed by atoms with Crippen molar-refractivity contribution in [2.75, 3.05) is 6.54 Å². The van der Waals surface area contributed by atoms with Crippen LogP contribution in [0, 0.1) is 5.41 Å². The Morgan fingerprint density at radius 3 is 3.10 bits per heavy atom. The van der Waals surface area contributed by atoms with Crippen LogP contribution in [0.1, 0.15) is 43.0 Å². The molecule has 1 heterocycles. The molecule has 1 aliphatic carbocycles. The third kappa shape index (κ3) is 2.95. The zero-order chi connectivity index (χ0) is 14.8. The molecule has 4 N–H and O–H groups in total. The van der Waals surface area contributed by atoms with Gasteiger partial charge in [0.2, 0.25) is 5.91 Å². The number of rotatable bonds is 4. The molecule has 0 saturated carbocycles. The highest BCUT2D eigenvalue weighted by Crippen LogP contribution is 2.35. The van der Waals surface area contributed by atoms with E-state index in [4.69, 9.17) is 10.9 Å². The van der Waals surface area contributed by atoms with Gasteiger partial charge < -0.3 is 16.3 Å². The Balaban J connectivity index is 2.01. The van der Waals surface area contributed by atoms with Gasteiger partial charge in [-0.15, -0.1) is 11.3 Å². The van der Waals surface area contributed by atoms with E-state index >= 15 is 0 Å². The highest BCUT2D eigenvalue weighted by Gasteiger charge is 2.30. The van der Waals surface area contributed by atoms with Gasteiger partial charge in [-0.1, -0.05) is 19.0 Å². The molecule has 1 atom stereocenters. The van der Waals surface area contributed by atoms with E-state index in [0.717, 1.165) is 19.3 Å². The van der Waals surface area contributed by atoms with Gasteiger partial charge in [0, 0.05) is 16.8 Å². The molecule has 6 heteroatoms. The van der Waals surface area contributed by atoms with E-state index in [2.05, 4.69) is 21.9 Å². The number of amides is 1. The van der Waals surface area contributed by atoms with Crippen LogP contribution in [-0.4, -0.2) is 23.5 Å². The normalized spacial score (nSPS) is 19.5. The lowest BCUT2D eigenvalue weighted by atomic mass is 9.86. The maximum absolute atomic E-state index is 12.4. The van der Waals surface area contributed by atoms with Crippen LogP contribution in [0.5, 0.6) is 0 Å². The third-order valence-electron chi connectivity index (χ3n) is 3.87. The Labute approximate surface area is 122 Å². The van der Waals surface area contributed by atoms with Gasteiger partial charge in [-0.25, -0.2) is 0 Å². The van der Waals surface area contributed by atoms with Crippen LogP contribution in [0.3, 0.4) is 0 Å². The molecular formula is C14H21N3O2S. The van der Waals surface area contributed by atoms with E-state index < -0.39 is 5.41 Å². The number of hydrogen-bond acceptors (Lipinski definition) is 4. The van der Waals surface area contributed by atoms with Crippen LogP contribution in [0.25, 0.3) is 0 Å². The second-order valence-corrected chi connectivity index (χ2v) is 6.83. The van der Waals surface area contributed by atoms with Gasteiger partial charge in [0.15, 0.2) is 0 Å². The van der Waals surface area contributed by atoms with Crippen molar-refractivity contribution in [3.63, 3.8) is 0 Å². The average Bonchev–Trinajstić information content (AvgIpc) is 2.92. The molecule has 0 bridgehead atoms. The molecule has 0 radical (unpaired) electrons. The summed E-state index contributed by atoms with van der Waals surface area (Å²) in [5.41, 5.74) is 6.23. The molecule has 0 aromatic carbocycles. The molecule has 5 nitrogen and oxygen atoms in total. The van der Waals surface area contributed by atoms with Crippen molar-refractivity contribution in [3.8, 4) is 0 Å². The van der Waals surface area contributed by atoms with Crippen LogP contribution in [-0.2, 0) is 11.2 Å². The Kier molecular flexibility index (Phi) is 4.32. The summed E-state index contributed by atoms with van der Waals surface area (Å²) >= 11 is 1.73. The topological polar surface area (TPSA) is 87.7 Å². The minimum atomic E-state index is -0.559. The van der Waals surface area contributed by atoms with E-state index in [1.165, 1.54) is 10.4 Å². The van der Waals surface area contributed by atoms with E-state index in [0.29, 0.717) is 6.54 Å². The van der Waals surface area contributed by atoms with E-state index in [1.807, 2.05) is 13.8 Å². The summed E-state index contributed by atoms with van der Waals surface area (Å²) in [6.07, 6.45) is 3.02. The van der Waals surface area contributed by atoms with Crippen LogP contribution in [0.2, 0.25) is 0 Å². The van der Waals surface area contributed by atoms with Gasteiger partial charge in [-0.3, -0.25) is 4.79 Å². The lowest BCUT2D eigenvalue weighted by molar-refractivity contribution is -0.123. The van der Waals surface area contributed by atoms with Crippen molar-refractivity contribution in [2.45, 2.75) is 39.0 Å². The quantitative estimate of drug-likeness (QED) is 0.344. The Morgan fingerprint density at radius 2 is 2.40 bits per heavy atom. The highest BCUT2D eigenvalue weighted by atomic mass is 32.1. The maximum Gasteiger partial charge on any atom is 0.227 e. The average molecular weight is 295 g/mol. The number of aryl methyl sites for hydroxylation is 1. The van der Waals surface area contributed by atoms with Crippen LogP contribution >= 0.6 is 11.3 Å². The number of nitrogens with zero attached hydrogens (tertiary/aromatic N) is 1. The Bertz CT molecular complexity index is 522. The SMILES string of the molecule is CC(C)(CNC(=O)C1CCCc2sccc21)/C(N)=N/O. The van der Waals surface area contributed by atoms with Crippen LogP contribution in [0.4, 0.5) is 0 Å². The lowest BCUT2D eigenvalue weighted by Gasteiger charge is -2.26. The monoisotopic (exact) mass is 295 g/mol. The molecule has 20 heavy (non-hydrogen) atoms. The molecule has 1 aliphatic rings. The summed E-state index contributed by atoms with van der Waals surface area (Å²) < 4.78 is 0.